The fourth-order valence-corrected chi connectivity index (χ4v) is 4.09. The van der Waals surface area contributed by atoms with E-state index in [4.69, 9.17) is 4.74 Å². The highest BCUT2D eigenvalue weighted by molar-refractivity contribution is 6.01. The Morgan fingerprint density at radius 1 is 1.21 bits per heavy atom. The highest BCUT2D eigenvalue weighted by atomic mass is 16.5. The van der Waals surface area contributed by atoms with Gasteiger partial charge in [0, 0.05) is 35.9 Å². The van der Waals surface area contributed by atoms with E-state index in [0.29, 0.717) is 30.0 Å². The minimum absolute atomic E-state index is 0.0510. The summed E-state index contributed by atoms with van der Waals surface area (Å²) in [6.45, 7) is 11.8. The van der Waals surface area contributed by atoms with Crippen LogP contribution in [0, 0.1) is 0 Å². The number of nitrogens with one attached hydrogen (secondary N) is 2. The fourth-order valence-electron chi connectivity index (χ4n) is 4.09. The molecule has 0 spiro atoms. The van der Waals surface area contributed by atoms with Crippen LogP contribution in [-0.4, -0.2) is 46.3 Å². The Morgan fingerprint density at radius 2 is 1.88 bits per heavy atom. The molecule has 0 saturated carbocycles. The highest BCUT2D eigenvalue weighted by Gasteiger charge is 2.38. The second kappa shape index (κ2) is 9.64. The van der Waals surface area contributed by atoms with Gasteiger partial charge in [-0.2, -0.15) is 0 Å². The van der Waals surface area contributed by atoms with E-state index >= 15 is 0 Å². The van der Waals surface area contributed by atoms with E-state index in [1.165, 1.54) is 12.1 Å². The lowest BCUT2D eigenvalue weighted by Crippen LogP contribution is -2.51. The second-order valence-electron chi connectivity index (χ2n) is 9.54. The van der Waals surface area contributed by atoms with Crippen LogP contribution >= 0.6 is 0 Å². The molecule has 1 unspecified atom stereocenters. The standard InChI is InChI=1S/C24H29N3O5.C2H6/c1-23(2,13-27-18-8-6-5-7-14(18)9-20(27)30)25-12-19(29)16-10-15(28)11-17-21(16)32-24(3,4)22(31)26-17;1-2/h5-8,10-11,19,25,28-29H,9,12-13H2,1-4H3,(H,26,31);1-2H3. The van der Waals surface area contributed by atoms with Crippen molar-refractivity contribution in [3.8, 4) is 11.5 Å². The van der Waals surface area contributed by atoms with Gasteiger partial charge in [0.2, 0.25) is 5.91 Å². The summed E-state index contributed by atoms with van der Waals surface area (Å²) in [6.07, 6.45) is -0.620. The number of aromatic hydroxyl groups is 1. The number of hydrogen-bond donors (Lipinski definition) is 4. The molecule has 34 heavy (non-hydrogen) atoms. The van der Waals surface area contributed by atoms with E-state index in [-0.39, 0.29) is 24.1 Å². The van der Waals surface area contributed by atoms with Gasteiger partial charge in [0.25, 0.3) is 5.91 Å². The Morgan fingerprint density at radius 3 is 2.59 bits per heavy atom. The highest BCUT2D eigenvalue weighted by Crippen LogP contribution is 2.42. The number of rotatable bonds is 6. The molecule has 2 heterocycles. The van der Waals surface area contributed by atoms with Crippen molar-refractivity contribution < 1.29 is 24.5 Å². The van der Waals surface area contributed by atoms with Gasteiger partial charge in [0.1, 0.15) is 5.75 Å². The quantitative estimate of drug-likeness (QED) is 0.515. The number of nitrogens with zero attached hydrogens (tertiary/aromatic N) is 1. The van der Waals surface area contributed by atoms with Crippen LogP contribution in [0.3, 0.4) is 0 Å². The van der Waals surface area contributed by atoms with Gasteiger partial charge in [0.15, 0.2) is 11.4 Å². The molecule has 0 fully saturated rings. The molecule has 2 aromatic carbocycles. The van der Waals surface area contributed by atoms with Crippen molar-refractivity contribution in [1.29, 1.82) is 0 Å². The van der Waals surface area contributed by atoms with E-state index in [1.54, 1.807) is 18.7 Å². The topological polar surface area (TPSA) is 111 Å². The molecule has 8 heteroatoms. The summed E-state index contributed by atoms with van der Waals surface area (Å²) in [7, 11) is 0. The lowest BCUT2D eigenvalue weighted by atomic mass is 9.99. The van der Waals surface area contributed by atoms with Gasteiger partial charge in [-0.15, -0.1) is 0 Å². The average Bonchev–Trinajstić information content (AvgIpc) is 3.09. The fraction of sp³-hybridized carbons (Fsp3) is 0.462. The zero-order chi connectivity index (χ0) is 25.3. The second-order valence-corrected chi connectivity index (χ2v) is 9.54. The normalized spacial score (nSPS) is 17.1. The molecule has 0 saturated heterocycles. The largest absolute Gasteiger partial charge is 0.508 e. The summed E-state index contributed by atoms with van der Waals surface area (Å²) in [6, 6.07) is 10.6. The van der Waals surface area contributed by atoms with Crippen LogP contribution in [0.25, 0.3) is 0 Å². The molecule has 0 aliphatic carbocycles. The van der Waals surface area contributed by atoms with E-state index < -0.39 is 17.2 Å². The lowest BCUT2D eigenvalue weighted by molar-refractivity contribution is -0.129. The number of phenols is 1. The number of aliphatic hydroxyl groups excluding tert-OH is 1. The van der Waals surface area contributed by atoms with Gasteiger partial charge in [-0.05, 0) is 45.4 Å². The number of amides is 2. The van der Waals surface area contributed by atoms with E-state index in [9.17, 15) is 19.8 Å². The minimum atomic E-state index is -1.10. The van der Waals surface area contributed by atoms with Crippen LogP contribution in [0.5, 0.6) is 11.5 Å². The number of aliphatic hydroxyl groups is 1. The average molecular weight is 470 g/mol. The number of ether oxygens (including phenoxy) is 1. The first-order valence-corrected chi connectivity index (χ1v) is 11.7. The third-order valence-electron chi connectivity index (χ3n) is 5.87. The number of phenolic OH excluding ortho intramolecular Hbond substituents is 1. The zero-order valence-corrected chi connectivity index (χ0v) is 20.7. The van der Waals surface area contributed by atoms with Crippen molar-refractivity contribution >= 4 is 23.2 Å². The van der Waals surface area contributed by atoms with Crippen LogP contribution in [-0.2, 0) is 16.0 Å². The van der Waals surface area contributed by atoms with Crippen molar-refractivity contribution in [3.63, 3.8) is 0 Å². The first-order chi connectivity index (χ1) is 16.0. The number of hydrogen-bond acceptors (Lipinski definition) is 6. The predicted molar refractivity (Wildman–Crippen MR) is 132 cm³/mol. The lowest BCUT2D eigenvalue weighted by Gasteiger charge is -2.35. The molecule has 2 aliphatic heterocycles. The summed E-state index contributed by atoms with van der Waals surface area (Å²) in [5.74, 6) is -0.0241. The van der Waals surface area contributed by atoms with E-state index in [2.05, 4.69) is 10.6 Å². The van der Waals surface area contributed by atoms with Gasteiger partial charge in [-0.3, -0.25) is 9.59 Å². The van der Waals surface area contributed by atoms with Crippen molar-refractivity contribution in [2.24, 2.45) is 0 Å². The molecule has 0 aromatic heterocycles. The van der Waals surface area contributed by atoms with Crippen LogP contribution in [0.2, 0.25) is 0 Å². The maximum absolute atomic E-state index is 12.5. The molecule has 0 bridgehead atoms. The molecule has 4 N–H and O–H groups in total. The third-order valence-corrected chi connectivity index (χ3v) is 5.87. The van der Waals surface area contributed by atoms with Crippen LogP contribution in [0.4, 0.5) is 11.4 Å². The number of benzene rings is 2. The van der Waals surface area contributed by atoms with Crippen molar-refractivity contribution in [1.82, 2.24) is 5.32 Å². The number of carbonyl (C=O) groups is 2. The molecule has 2 aliphatic rings. The summed E-state index contributed by atoms with van der Waals surface area (Å²) >= 11 is 0. The molecule has 0 radical (unpaired) electrons. The maximum Gasteiger partial charge on any atom is 0.268 e. The molecular weight excluding hydrogens is 434 g/mol. The number of carbonyl (C=O) groups excluding carboxylic acids is 2. The maximum atomic E-state index is 12.5. The smallest absolute Gasteiger partial charge is 0.268 e. The molecule has 4 rings (SSSR count). The van der Waals surface area contributed by atoms with Gasteiger partial charge < -0.3 is 30.5 Å². The molecule has 184 valence electrons. The van der Waals surface area contributed by atoms with Crippen molar-refractivity contribution in [2.75, 3.05) is 23.3 Å². The molecular formula is C26H35N3O5. The zero-order valence-electron chi connectivity index (χ0n) is 20.7. The monoisotopic (exact) mass is 469 g/mol. The summed E-state index contributed by atoms with van der Waals surface area (Å²) in [5.41, 5.74) is 1.03. The Kier molecular flexibility index (Phi) is 7.24. The Labute approximate surface area is 200 Å². The number of anilines is 2. The predicted octanol–water partition coefficient (Wildman–Crippen LogP) is 3.52. The van der Waals surface area contributed by atoms with Crippen LogP contribution in [0.1, 0.15) is 58.8 Å². The molecule has 2 amide bonds. The Bertz CT molecular complexity index is 1080. The van der Waals surface area contributed by atoms with Crippen molar-refractivity contribution in [2.45, 2.75) is 65.2 Å². The van der Waals surface area contributed by atoms with Gasteiger partial charge in [-0.1, -0.05) is 32.0 Å². The van der Waals surface area contributed by atoms with E-state index in [0.717, 1.165) is 11.3 Å². The Hall–Kier alpha value is -3.10. The Balaban J connectivity index is 0.00000158. The summed E-state index contributed by atoms with van der Waals surface area (Å²) in [5, 5.41) is 27.1. The minimum Gasteiger partial charge on any atom is -0.508 e. The third kappa shape index (κ3) is 5.18. The SMILES string of the molecule is CC.CC(C)(CN1C(=O)Cc2ccccc21)NCC(O)c1cc(O)cc2c1OC(C)(C)C(=O)N2. The number of fused-ring (bicyclic) bond motifs is 2. The summed E-state index contributed by atoms with van der Waals surface area (Å²) in [4.78, 5) is 26.5. The molecule has 2 aromatic rings. The van der Waals surface area contributed by atoms with Gasteiger partial charge >= 0.3 is 0 Å². The van der Waals surface area contributed by atoms with Crippen LogP contribution in [0.15, 0.2) is 36.4 Å². The first kappa shape index (κ1) is 25.5. The van der Waals surface area contributed by atoms with Crippen molar-refractivity contribution in [3.05, 3.63) is 47.5 Å². The van der Waals surface area contributed by atoms with Crippen LogP contribution < -0.4 is 20.3 Å². The molecule has 1 atom stereocenters. The number of β-amino-alcohol motifs (C(OH)–C–C–N with tert-alkyl or cyclic N) is 1. The van der Waals surface area contributed by atoms with Gasteiger partial charge in [0.05, 0.1) is 18.2 Å². The van der Waals surface area contributed by atoms with E-state index in [1.807, 2.05) is 52.0 Å². The molecule has 8 nitrogen and oxygen atoms in total. The summed E-state index contributed by atoms with van der Waals surface area (Å²) < 4.78 is 5.87. The number of para-hydroxylation sites is 1. The first-order valence-electron chi connectivity index (χ1n) is 11.7. The van der Waals surface area contributed by atoms with Gasteiger partial charge in [-0.25, -0.2) is 0 Å².